The number of allylic oxidation sites excluding steroid dienone is 3. The third-order valence-electron chi connectivity index (χ3n) is 4.18. The minimum Gasteiger partial charge on any atom is -0.380 e. The van der Waals surface area contributed by atoms with Gasteiger partial charge < -0.3 is 4.18 Å². The first-order valence-corrected chi connectivity index (χ1v) is 8.63. The quantitative estimate of drug-likeness (QED) is 0.462. The van der Waals surface area contributed by atoms with Crippen LogP contribution < -0.4 is 0 Å². The molecule has 0 bridgehead atoms. The summed E-state index contributed by atoms with van der Waals surface area (Å²) in [6.07, 6.45) is 3.99. The maximum absolute atomic E-state index is 12.7. The molecule has 4 nitrogen and oxygen atoms in total. The minimum atomic E-state index is -5.75. The summed E-state index contributed by atoms with van der Waals surface area (Å²) in [5, 5.41) is 0. The molecular formula is C16H14F3NO3S. The highest BCUT2D eigenvalue weighted by atomic mass is 32.2. The van der Waals surface area contributed by atoms with Crippen LogP contribution in [0, 0.1) is 0 Å². The van der Waals surface area contributed by atoms with Crippen molar-refractivity contribution in [3.8, 4) is 0 Å². The number of halogens is 3. The second-order valence-electron chi connectivity index (χ2n) is 5.56. The van der Waals surface area contributed by atoms with Crippen molar-refractivity contribution in [3.63, 3.8) is 0 Å². The zero-order chi connectivity index (χ0) is 17.6. The first-order chi connectivity index (χ1) is 11.2. The monoisotopic (exact) mass is 357 g/mol. The molecule has 1 aromatic carbocycles. The molecule has 0 aromatic heterocycles. The van der Waals surface area contributed by atoms with Crippen LogP contribution in [0.3, 0.4) is 0 Å². The molecular weight excluding hydrogens is 343 g/mol. The van der Waals surface area contributed by atoms with Gasteiger partial charge in [-0.2, -0.15) is 21.6 Å². The van der Waals surface area contributed by atoms with E-state index in [1.807, 2.05) is 0 Å². The van der Waals surface area contributed by atoms with Crippen molar-refractivity contribution in [1.82, 2.24) is 0 Å². The van der Waals surface area contributed by atoms with Gasteiger partial charge in [-0.15, -0.1) is 6.58 Å². The molecule has 0 fully saturated rings. The van der Waals surface area contributed by atoms with Gasteiger partial charge in [-0.25, -0.2) is 0 Å². The smallest absolute Gasteiger partial charge is 0.380 e. The highest BCUT2D eigenvalue weighted by Crippen LogP contribution is 2.51. The van der Waals surface area contributed by atoms with Crippen molar-refractivity contribution in [2.24, 2.45) is 4.99 Å². The first kappa shape index (κ1) is 16.8. The van der Waals surface area contributed by atoms with E-state index in [1.54, 1.807) is 24.3 Å². The fraction of sp³-hybridized carbons (Fsp3) is 0.312. The number of nitrogens with zero attached hydrogens (tertiary/aromatic N) is 1. The third kappa shape index (κ3) is 2.36. The molecule has 0 spiro atoms. The van der Waals surface area contributed by atoms with Crippen LogP contribution in [0.2, 0.25) is 0 Å². The predicted octanol–water partition coefficient (Wildman–Crippen LogP) is 4.13. The van der Waals surface area contributed by atoms with E-state index in [9.17, 15) is 21.6 Å². The number of aliphatic imine (C=N–C) groups is 1. The summed E-state index contributed by atoms with van der Waals surface area (Å²) < 4.78 is 65.8. The average molecular weight is 357 g/mol. The Morgan fingerprint density at radius 1 is 1.33 bits per heavy atom. The summed E-state index contributed by atoms with van der Waals surface area (Å²) in [5.74, 6) is -0.255. The first-order valence-electron chi connectivity index (χ1n) is 7.22. The average Bonchev–Trinajstić information content (AvgIpc) is 2.82. The zero-order valence-electron chi connectivity index (χ0n) is 12.5. The molecule has 1 aliphatic carbocycles. The summed E-state index contributed by atoms with van der Waals surface area (Å²) >= 11 is 0. The van der Waals surface area contributed by atoms with Gasteiger partial charge in [0.05, 0.1) is 11.1 Å². The Kier molecular flexibility index (Phi) is 3.82. The lowest BCUT2D eigenvalue weighted by atomic mass is 9.69. The summed E-state index contributed by atoms with van der Waals surface area (Å²) in [4.78, 5) is 4.48. The van der Waals surface area contributed by atoms with Gasteiger partial charge in [0, 0.05) is 5.71 Å². The van der Waals surface area contributed by atoms with Gasteiger partial charge >= 0.3 is 15.6 Å². The van der Waals surface area contributed by atoms with E-state index in [1.165, 1.54) is 12.2 Å². The normalized spacial score (nSPS) is 23.0. The molecule has 0 N–H and O–H groups in total. The molecule has 8 heteroatoms. The molecule has 3 rings (SSSR count). The number of hydrogen-bond donors (Lipinski definition) is 0. The maximum Gasteiger partial charge on any atom is 0.534 e. The van der Waals surface area contributed by atoms with E-state index in [0.29, 0.717) is 29.8 Å². The van der Waals surface area contributed by atoms with Crippen LogP contribution in [-0.4, -0.2) is 19.6 Å². The van der Waals surface area contributed by atoms with Crippen molar-refractivity contribution in [1.29, 1.82) is 0 Å². The summed E-state index contributed by atoms with van der Waals surface area (Å²) in [6.45, 7) is 3.65. The van der Waals surface area contributed by atoms with Crippen LogP contribution in [0.25, 0.3) is 0 Å². The number of alkyl halides is 3. The van der Waals surface area contributed by atoms with Crippen molar-refractivity contribution >= 4 is 21.5 Å². The molecule has 0 saturated heterocycles. The van der Waals surface area contributed by atoms with Gasteiger partial charge in [0.25, 0.3) is 0 Å². The Morgan fingerprint density at radius 2 is 2.04 bits per heavy atom. The molecule has 1 heterocycles. The van der Waals surface area contributed by atoms with Crippen LogP contribution in [0.4, 0.5) is 18.9 Å². The lowest BCUT2D eigenvalue weighted by Crippen LogP contribution is -2.40. The summed E-state index contributed by atoms with van der Waals surface area (Å²) in [7, 11) is -5.75. The zero-order valence-corrected chi connectivity index (χ0v) is 13.3. The molecule has 0 saturated carbocycles. The fourth-order valence-electron chi connectivity index (χ4n) is 3.20. The Hall–Kier alpha value is -2.09. The van der Waals surface area contributed by atoms with Crippen LogP contribution in [0.5, 0.6) is 0 Å². The van der Waals surface area contributed by atoms with Crippen LogP contribution >= 0.6 is 0 Å². The summed E-state index contributed by atoms with van der Waals surface area (Å²) in [6, 6.07) is 6.95. The Labute approximate surface area is 137 Å². The standard InChI is InChI=1S/C16H14F3NO3S/c1-2-10-15-11-6-3-4-7-12(11)20-13(15)8-5-9-14(15)23-24(21,22)16(17,18)19/h2-4,6-7,9H,1,5,8,10H2. The second kappa shape index (κ2) is 5.47. The van der Waals surface area contributed by atoms with Crippen molar-refractivity contribution in [2.75, 3.05) is 0 Å². The van der Waals surface area contributed by atoms with Gasteiger partial charge in [0.1, 0.15) is 5.76 Å². The van der Waals surface area contributed by atoms with Gasteiger partial charge in [-0.1, -0.05) is 24.3 Å². The molecule has 1 aliphatic heterocycles. The molecule has 0 amide bonds. The Morgan fingerprint density at radius 3 is 2.71 bits per heavy atom. The maximum atomic E-state index is 12.7. The molecule has 1 aromatic rings. The number of rotatable bonds is 4. The van der Waals surface area contributed by atoms with Crippen molar-refractivity contribution in [2.45, 2.75) is 30.2 Å². The molecule has 128 valence electrons. The van der Waals surface area contributed by atoms with Crippen molar-refractivity contribution in [3.05, 3.63) is 54.3 Å². The Balaban J connectivity index is 2.15. The largest absolute Gasteiger partial charge is 0.534 e. The topological polar surface area (TPSA) is 55.7 Å². The van der Waals surface area contributed by atoms with Gasteiger partial charge in [-0.3, -0.25) is 4.99 Å². The lowest BCUT2D eigenvalue weighted by molar-refractivity contribution is -0.0526. The SMILES string of the molecule is C=CCC12C(OS(=O)(=O)C(F)(F)F)=CCCC1=Nc1ccccc12. The van der Waals surface area contributed by atoms with E-state index in [-0.39, 0.29) is 12.2 Å². The van der Waals surface area contributed by atoms with Gasteiger partial charge in [0.15, 0.2) is 0 Å². The third-order valence-corrected chi connectivity index (χ3v) is 5.14. The molecule has 24 heavy (non-hydrogen) atoms. The second-order valence-corrected chi connectivity index (χ2v) is 7.10. The molecule has 1 unspecified atom stereocenters. The van der Waals surface area contributed by atoms with E-state index in [2.05, 4.69) is 15.8 Å². The highest BCUT2D eigenvalue weighted by molar-refractivity contribution is 7.87. The molecule has 2 aliphatic rings. The summed E-state index contributed by atoms with van der Waals surface area (Å²) in [5.41, 5.74) is -4.80. The van der Waals surface area contributed by atoms with E-state index < -0.39 is 21.0 Å². The minimum absolute atomic E-state index is 0.196. The Bertz CT molecular complexity index is 856. The van der Waals surface area contributed by atoms with Gasteiger partial charge in [-0.05, 0) is 37.0 Å². The predicted molar refractivity (Wildman–Crippen MR) is 83.4 cm³/mol. The highest BCUT2D eigenvalue weighted by Gasteiger charge is 2.54. The lowest BCUT2D eigenvalue weighted by Gasteiger charge is -2.35. The van der Waals surface area contributed by atoms with Crippen molar-refractivity contribution < 1.29 is 25.8 Å². The number of fused-ring (bicyclic) bond motifs is 3. The molecule has 0 radical (unpaired) electrons. The number of hydrogen-bond acceptors (Lipinski definition) is 4. The van der Waals surface area contributed by atoms with E-state index >= 15 is 0 Å². The molecule has 1 atom stereocenters. The van der Waals surface area contributed by atoms with Gasteiger partial charge in [0.2, 0.25) is 0 Å². The number of para-hydroxylation sites is 1. The fourth-order valence-corrected chi connectivity index (χ4v) is 3.74. The van der Waals surface area contributed by atoms with Crippen LogP contribution in [0.15, 0.2) is 53.7 Å². The van der Waals surface area contributed by atoms with Crippen LogP contribution in [0.1, 0.15) is 24.8 Å². The van der Waals surface area contributed by atoms with Crippen LogP contribution in [-0.2, 0) is 19.7 Å². The van der Waals surface area contributed by atoms with E-state index in [4.69, 9.17) is 0 Å². The van der Waals surface area contributed by atoms with E-state index in [0.717, 1.165) is 0 Å². The number of benzene rings is 1.